The van der Waals surface area contributed by atoms with Crippen LogP contribution in [0.25, 0.3) is 0 Å². The van der Waals surface area contributed by atoms with Gasteiger partial charge in [0.2, 0.25) is 5.91 Å². The highest BCUT2D eigenvalue weighted by atomic mass is 16.2. The van der Waals surface area contributed by atoms with Gasteiger partial charge in [-0.2, -0.15) is 5.10 Å². The van der Waals surface area contributed by atoms with Gasteiger partial charge in [-0.3, -0.25) is 9.59 Å². The van der Waals surface area contributed by atoms with Crippen molar-refractivity contribution < 1.29 is 9.59 Å². The van der Waals surface area contributed by atoms with Gasteiger partial charge in [-0.1, -0.05) is 20.8 Å². The van der Waals surface area contributed by atoms with E-state index < -0.39 is 0 Å². The molecule has 17 heavy (non-hydrogen) atoms. The molecule has 0 saturated carbocycles. The molecule has 0 fully saturated rings. The lowest BCUT2D eigenvalue weighted by atomic mass is 9.81. The summed E-state index contributed by atoms with van der Waals surface area (Å²) in [7, 11) is 0. The summed E-state index contributed by atoms with van der Waals surface area (Å²) in [6, 6.07) is 0. The number of hydrogen-bond donors (Lipinski definition) is 2. The molecule has 1 aliphatic rings. The lowest BCUT2D eigenvalue weighted by molar-refractivity contribution is -0.120. The van der Waals surface area contributed by atoms with Crippen LogP contribution in [0.3, 0.4) is 0 Å². The summed E-state index contributed by atoms with van der Waals surface area (Å²) in [4.78, 5) is 22.8. The minimum absolute atomic E-state index is 0.0669. The predicted molar refractivity (Wildman–Crippen MR) is 66.5 cm³/mol. The van der Waals surface area contributed by atoms with Crippen molar-refractivity contribution in [3.05, 3.63) is 0 Å². The van der Waals surface area contributed by atoms with Crippen LogP contribution >= 0.6 is 0 Å². The lowest BCUT2D eigenvalue weighted by Gasteiger charge is -2.33. The van der Waals surface area contributed by atoms with Gasteiger partial charge in [-0.15, -0.1) is 0 Å². The Bertz CT molecular complexity index is 364. The molecule has 1 heterocycles. The predicted octanol–water partition coefficient (Wildman–Crippen LogP) is 1.19. The van der Waals surface area contributed by atoms with E-state index >= 15 is 0 Å². The van der Waals surface area contributed by atoms with Gasteiger partial charge in [-0.05, 0) is 25.7 Å². The zero-order chi connectivity index (χ0) is 13.3. The number of amides is 2. The molecule has 1 aliphatic heterocycles. The van der Waals surface area contributed by atoms with Crippen molar-refractivity contribution in [3.8, 4) is 0 Å². The van der Waals surface area contributed by atoms with Crippen LogP contribution in [0, 0.1) is 5.41 Å². The molecule has 0 atom stereocenters. The van der Waals surface area contributed by atoms with Crippen LogP contribution in [0.1, 0.15) is 47.5 Å². The van der Waals surface area contributed by atoms with Gasteiger partial charge >= 0.3 is 0 Å². The third-order valence-electron chi connectivity index (χ3n) is 2.33. The molecule has 5 nitrogen and oxygen atoms in total. The molecule has 0 bridgehead atoms. The molecule has 0 spiro atoms. The highest BCUT2D eigenvalue weighted by Gasteiger charge is 2.30. The summed E-state index contributed by atoms with van der Waals surface area (Å²) in [5.41, 5.74) is 2.35. The number of rotatable bonds is 3. The first-order valence-electron chi connectivity index (χ1n) is 5.77. The highest BCUT2D eigenvalue weighted by Crippen LogP contribution is 2.26. The zero-order valence-corrected chi connectivity index (χ0v) is 11.2. The van der Waals surface area contributed by atoms with Crippen molar-refractivity contribution in [2.24, 2.45) is 10.5 Å². The van der Waals surface area contributed by atoms with E-state index in [1.54, 1.807) is 0 Å². The van der Waals surface area contributed by atoms with E-state index in [4.69, 9.17) is 0 Å². The molecule has 0 aromatic rings. The van der Waals surface area contributed by atoms with Crippen LogP contribution in [-0.4, -0.2) is 23.1 Å². The average molecular weight is 239 g/mol. The van der Waals surface area contributed by atoms with Crippen LogP contribution in [0.4, 0.5) is 0 Å². The van der Waals surface area contributed by atoms with Gasteiger partial charge in [0.25, 0.3) is 5.91 Å². The van der Waals surface area contributed by atoms with Crippen molar-refractivity contribution in [1.29, 1.82) is 0 Å². The molecular formula is C12H21N3O2. The number of nitrogens with zero attached hydrogens (tertiary/aromatic N) is 1. The molecule has 0 aromatic heterocycles. The normalized spacial score (nSPS) is 16.5. The van der Waals surface area contributed by atoms with Gasteiger partial charge in [0.05, 0.1) is 6.42 Å². The van der Waals surface area contributed by atoms with Gasteiger partial charge in [0, 0.05) is 5.54 Å². The number of hydrazone groups is 1. The number of carbonyl (C=O) groups excluding carboxylic acids is 2. The molecule has 0 unspecified atom stereocenters. The molecule has 0 aromatic carbocycles. The first-order valence-corrected chi connectivity index (χ1v) is 5.77. The monoisotopic (exact) mass is 239 g/mol. The second kappa shape index (κ2) is 4.47. The van der Waals surface area contributed by atoms with Crippen molar-refractivity contribution in [2.75, 3.05) is 0 Å². The van der Waals surface area contributed by atoms with E-state index in [-0.39, 0.29) is 34.9 Å². The minimum atomic E-state index is -0.316. The second-order valence-electron chi connectivity index (χ2n) is 6.35. The largest absolute Gasteiger partial charge is 0.346 e. The molecule has 2 amide bonds. The summed E-state index contributed by atoms with van der Waals surface area (Å²) >= 11 is 0. The smallest absolute Gasteiger partial charge is 0.268 e. The minimum Gasteiger partial charge on any atom is -0.346 e. The summed E-state index contributed by atoms with van der Waals surface area (Å²) in [6.07, 6.45) is 0.915. The first-order chi connectivity index (χ1) is 7.59. The Hall–Kier alpha value is -1.39. The molecule has 0 aliphatic carbocycles. The van der Waals surface area contributed by atoms with Crippen molar-refractivity contribution in [1.82, 2.24) is 10.7 Å². The third-order valence-corrected chi connectivity index (χ3v) is 2.33. The number of nitrogens with one attached hydrogen (secondary N) is 2. The van der Waals surface area contributed by atoms with Crippen LogP contribution in [0.2, 0.25) is 0 Å². The highest BCUT2D eigenvalue weighted by molar-refractivity contribution is 6.43. The van der Waals surface area contributed by atoms with Crippen LogP contribution in [0.5, 0.6) is 0 Å². The zero-order valence-electron chi connectivity index (χ0n) is 11.2. The summed E-state index contributed by atoms with van der Waals surface area (Å²) < 4.78 is 0. The van der Waals surface area contributed by atoms with Gasteiger partial charge < -0.3 is 5.32 Å². The first kappa shape index (κ1) is 13.7. The average Bonchev–Trinajstić information content (AvgIpc) is 2.45. The van der Waals surface area contributed by atoms with Crippen LogP contribution < -0.4 is 10.7 Å². The molecule has 2 N–H and O–H groups in total. The Kier molecular flexibility index (Phi) is 3.59. The molecule has 0 radical (unpaired) electrons. The number of hydrogen-bond acceptors (Lipinski definition) is 3. The maximum Gasteiger partial charge on any atom is 0.268 e. The van der Waals surface area contributed by atoms with Gasteiger partial charge in [-0.25, -0.2) is 5.43 Å². The standard InChI is InChI=1S/C12H21N3O2/c1-11(2,3)7-12(4,5)13-10(17)8-6-9(16)15-14-8/h6-7H2,1-5H3,(H,13,17)(H,15,16). The van der Waals surface area contributed by atoms with Crippen molar-refractivity contribution in [3.63, 3.8) is 0 Å². The van der Waals surface area contributed by atoms with E-state index in [0.29, 0.717) is 0 Å². The fraction of sp³-hybridized carbons (Fsp3) is 0.750. The van der Waals surface area contributed by atoms with Crippen molar-refractivity contribution in [2.45, 2.75) is 53.0 Å². The fourth-order valence-corrected chi connectivity index (χ4v) is 2.24. The quantitative estimate of drug-likeness (QED) is 0.776. The Morgan fingerprint density at radius 3 is 2.35 bits per heavy atom. The SMILES string of the molecule is CC(C)(C)CC(C)(C)NC(=O)C1=NNC(=O)C1. The van der Waals surface area contributed by atoms with Crippen LogP contribution in [0.15, 0.2) is 5.10 Å². The Morgan fingerprint density at radius 1 is 1.35 bits per heavy atom. The molecular weight excluding hydrogens is 218 g/mol. The van der Waals surface area contributed by atoms with Gasteiger partial charge in [0.1, 0.15) is 5.71 Å². The summed E-state index contributed by atoms with van der Waals surface area (Å²) in [5, 5.41) is 6.62. The van der Waals surface area contributed by atoms with E-state index in [9.17, 15) is 9.59 Å². The summed E-state index contributed by atoms with van der Waals surface area (Å²) in [6.45, 7) is 10.3. The maximum absolute atomic E-state index is 11.9. The van der Waals surface area contributed by atoms with Crippen LogP contribution in [-0.2, 0) is 9.59 Å². The number of carbonyl (C=O) groups is 2. The van der Waals surface area contributed by atoms with Gasteiger partial charge in [0.15, 0.2) is 0 Å². The molecule has 0 saturated heterocycles. The van der Waals surface area contributed by atoms with E-state index in [2.05, 4.69) is 36.6 Å². The molecule has 5 heteroatoms. The second-order valence-corrected chi connectivity index (χ2v) is 6.35. The fourth-order valence-electron chi connectivity index (χ4n) is 2.24. The maximum atomic E-state index is 11.9. The Labute approximate surface area is 102 Å². The third kappa shape index (κ3) is 4.54. The Morgan fingerprint density at radius 2 is 1.94 bits per heavy atom. The van der Waals surface area contributed by atoms with E-state index in [1.807, 2.05) is 13.8 Å². The lowest BCUT2D eigenvalue weighted by Crippen LogP contribution is -2.48. The van der Waals surface area contributed by atoms with E-state index in [0.717, 1.165) is 6.42 Å². The van der Waals surface area contributed by atoms with Crippen molar-refractivity contribution >= 4 is 17.5 Å². The topological polar surface area (TPSA) is 70.6 Å². The van der Waals surface area contributed by atoms with E-state index in [1.165, 1.54) is 0 Å². The Balaban J connectivity index is 2.59. The molecule has 96 valence electrons. The summed E-state index contributed by atoms with van der Waals surface area (Å²) in [5.74, 6) is -0.499. The molecule has 1 rings (SSSR count).